The first-order chi connectivity index (χ1) is 10.7. The number of rotatable bonds is 3. The highest BCUT2D eigenvalue weighted by Crippen LogP contribution is 2.36. The number of allylic oxidation sites excluding steroid dienone is 4. The molecule has 0 atom stereocenters. The lowest BCUT2D eigenvalue weighted by molar-refractivity contribution is -0.177. The summed E-state index contributed by atoms with van der Waals surface area (Å²) < 4.78 is 171. The fraction of sp³-hybridized carbons (Fsp3) is 0.600. The third-order valence-electron chi connectivity index (χ3n) is 1.59. The third kappa shape index (κ3) is 14.5. The summed E-state index contributed by atoms with van der Waals surface area (Å²) >= 11 is 0. The van der Waals surface area contributed by atoms with Gasteiger partial charge in [0, 0.05) is 12.2 Å². The lowest BCUT2D eigenvalue weighted by atomic mass is 10.2. The molecule has 0 saturated heterocycles. The molecule has 0 rings (SSSR count). The van der Waals surface area contributed by atoms with Gasteiger partial charge in [-0.05, 0) is 0 Å². The molecule has 0 aromatic heterocycles. The molecular weight excluding hydrogens is 405 g/mol. The van der Waals surface area contributed by atoms with Gasteiger partial charge in [-0.2, -0.15) is 39.5 Å². The van der Waals surface area contributed by atoms with Crippen molar-refractivity contribution in [3.8, 4) is 0 Å². The molecule has 0 aromatic carbocycles. The summed E-state index contributed by atoms with van der Waals surface area (Å²) in [5, 5.41) is 0. The maximum Gasteiger partial charge on any atom is 0.442 e. The van der Waals surface area contributed by atoms with Gasteiger partial charge in [0.2, 0.25) is 11.7 Å². The van der Waals surface area contributed by atoms with Crippen LogP contribution < -0.4 is 0 Å². The molecule has 0 fully saturated rings. The van der Waals surface area contributed by atoms with Crippen LogP contribution in [0.2, 0.25) is 0 Å². The predicted molar refractivity (Wildman–Crippen MR) is 52.1 cm³/mol. The number of hydrogen-bond acceptors (Lipinski definition) is 0. The molecule has 0 saturated carbocycles. The standard InChI is InChI=1S/C6H3F9.C4H2F6/c7-3(6(13,14)15)1-4(8,9)2-5(10,11)12;5-2(1-3(6)7)4(8,9)10/h1H,2H2;1,3H/b3-1-;2-1-. The van der Waals surface area contributed by atoms with E-state index < -0.39 is 61.1 Å². The first-order valence-electron chi connectivity index (χ1n) is 5.30. The number of alkyl halides is 13. The molecule has 0 amide bonds. The fourth-order valence-electron chi connectivity index (χ4n) is 0.791. The molecule has 0 heterocycles. The van der Waals surface area contributed by atoms with Gasteiger partial charge in [-0.25, -0.2) is 26.3 Å². The monoisotopic (exact) mass is 410 g/mol. The zero-order chi connectivity index (χ0) is 20.9. The average molecular weight is 410 g/mol. The summed E-state index contributed by atoms with van der Waals surface area (Å²) in [7, 11) is 0. The van der Waals surface area contributed by atoms with Crippen LogP contribution in [0.25, 0.3) is 0 Å². The molecular formula is C10H5F15. The Kier molecular flexibility index (Phi) is 8.92. The van der Waals surface area contributed by atoms with E-state index in [0.29, 0.717) is 0 Å². The van der Waals surface area contributed by atoms with E-state index in [1.807, 2.05) is 0 Å². The van der Waals surface area contributed by atoms with Crippen LogP contribution in [0.15, 0.2) is 23.8 Å². The van der Waals surface area contributed by atoms with Gasteiger partial charge in [-0.1, -0.05) is 0 Å². The second-order valence-electron chi connectivity index (χ2n) is 3.89. The maximum absolute atomic E-state index is 12.2. The Balaban J connectivity index is 0. The SMILES string of the molecule is F/C(=C\C(F)(F)CC(F)(F)F)C(F)(F)F.F/C(=C\C(F)F)C(F)(F)F. The van der Waals surface area contributed by atoms with Gasteiger partial charge < -0.3 is 0 Å². The van der Waals surface area contributed by atoms with Crippen LogP contribution in [0.1, 0.15) is 6.42 Å². The molecule has 15 heteroatoms. The highest BCUT2D eigenvalue weighted by Gasteiger charge is 2.45. The molecule has 0 aliphatic heterocycles. The van der Waals surface area contributed by atoms with Crippen LogP contribution in [-0.4, -0.2) is 30.9 Å². The highest BCUT2D eigenvalue weighted by atomic mass is 19.4. The van der Waals surface area contributed by atoms with Crippen molar-refractivity contribution < 1.29 is 65.9 Å². The molecule has 25 heavy (non-hydrogen) atoms. The van der Waals surface area contributed by atoms with Gasteiger partial charge >= 0.3 is 18.5 Å². The van der Waals surface area contributed by atoms with Crippen molar-refractivity contribution in [1.82, 2.24) is 0 Å². The minimum atomic E-state index is -5.71. The van der Waals surface area contributed by atoms with E-state index in [1.54, 1.807) is 0 Å². The largest absolute Gasteiger partial charge is 0.442 e. The van der Waals surface area contributed by atoms with Crippen molar-refractivity contribution in [2.45, 2.75) is 37.3 Å². The summed E-state index contributed by atoms with van der Waals surface area (Å²) in [4.78, 5) is 0. The van der Waals surface area contributed by atoms with E-state index in [-0.39, 0.29) is 0 Å². The molecule has 0 aromatic rings. The molecule has 0 N–H and O–H groups in total. The smallest absolute Gasteiger partial charge is 0.206 e. The van der Waals surface area contributed by atoms with Crippen molar-refractivity contribution in [2.24, 2.45) is 0 Å². The topological polar surface area (TPSA) is 0 Å². The summed E-state index contributed by atoms with van der Waals surface area (Å²) in [6.45, 7) is 0. The van der Waals surface area contributed by atoms with Gasteiger partial charge in [0.1, 0.15) is 6.42 Å². The van der Waals surface area contributed by atoms with E-state index in [0.717, 1.165) is 0 Å². The summed E-state index contributed by atoms with van der Waals surface area (Å²) in [5.74, 6) is -10.9. The van der Waals surface area contributed by atoms with E-state index >= 15 is 0 Å². The predicted octanol–water partition coefficient (Wildman–Crippen LogP) is 6.66. The molecule has 0 spiro atoms. The first-order valence-corrected chi connectivity index (χ1v) is 5.30. The van der Waals surface area contributed by atoms with Crippen LogP contribution in [0.5, 0.6) is 0 Å². The van der Waals surface area contributed by atoms with Gasteiger partial charge in [-0.15, -0.1) is 0 Å². The molecule has 0 aliphatic carbocycles. The quantitative estimate of drug-likeness (QED) is 0.457. The Morgan fingerprint density at radius 3 is 1.24 bits per heavy atom. The second-order valence-corrected chi connectivity index (χ2v) is 3.89. The molecule has 0 aliphatic rings. The fourth-order valence-corrected chi connectivity index (χ4v) is 0.791. The van der Waals surface area contributed by atoms with Crippen LogP contribution >= 0.6 is 0 Å². The first kappa shape index (κ1) is 25.7. The summed E-state index contributed by atoms with van der Waals surface area (Å²) in [6, 6.07) is 0. The van der Waals surface area contributed by atoms with Crippen molar-refractivity contribution in [3.05, 3.63) is 23.8 Å². The molecule has 0 radical (unpaired) electrons. The van der Waals surface area contributed by atoms with E-state index in [4.69, 9.17) is 0 Å². The number of halogens is 15. The van der Waals surface area contributed by atoms with Crippen LogP contribution in [0.4, 0.5) is 65.9 Å². The zero-order valence-corrected chi connectivity index (χ0v) is 11.1. The van der Waals surface area contributed by atoms with Gasteiger partial charge in [0.15, 0.2) is 0 Å². The molecule has 0 nitrogen and oxygen atoms in total. The van der Waals surface area contributed by atoms with Gasteiger partial charge in [-0.3, -0.25) is 0 Å². The van der Waals surface area contributed by atoms with E-state index in [9.17, 15) is 65.9 Å². The van der Waals surface area contributed by atoms with Crippen molar-refractivity contribution in [1.29, 1.82) is 0 Å². The summed E-state index contributed by atoms with van der Waals surface area (Å²) in [5.41, 5.74) is 0. The van der Waals surface area contributed by atoms with Gasteiger partial charge in [0.25, 0.3) is 12.3 Å². The molecule has 150 valence electrons. The maximum atomic E-state index is 12.2. The molecule has 0 unspecified atom stereocenters. The normalized spacial score (nSPS) is 15.2. The van der Waals surface area contributed by atoms with E-state index in [1.165, 1.54) is 0 Å². The van der Waals surface area contributed by atoms with E-state index in [2.05, 4.69) is 0 Å². The Morgan fingerprint density at radius 1 is 0.680 bits per heavy atom. The average Bonchev–Trinajstić information content (AvgIpc) is 2.21. The van der Waals surface area contributed by atoms with Crippen molar-refractivity contribution in [3.63, 3.8) is 0 Å². The number of hydrogen-bond donors (Lipinski definition) is 0. The highest BCUT2D eigenvalue weighted by molar-refractivity contribution is 5.06. The summed E-state index contributed by atoms with van der Waals surface area (Å²) in [6.07, 6.45) is -24.8. The second kappa shape index (κ2) is 8.69. The zero-order valence-electron chi connectivity index (χ0n) is 11.1. The van der Waals surface area contributed by atoms with Crippen LogP contribution in [-0.2, 0) is 0 Å². The molecule has 0 bridgehead atoms. The van der Waals surface area contributed by atoms with Crippen molar-refractivity contribution in [2.75, 3.05) is 0 Å². The Morgan fingerprint density at radius 2 is 1.04 bits per heavy atom. The van der Waals surface area contributed by atoms with Crippen molar-refractivity contribution >= 4 is 0 Å². The Hall–Kier alpha value is -1.57. The Labute approximate surface area is 128 Å². The van der Waals surface area contributed by atoms with Gasteiger partial charge in [0.05, 0.1) is 0 Å². The lowest BCUT2D eigenvalue weighted by Crippen LogP contribution is -2.25. The minimum absolute atomic E-state index is 0.792. The third-order valence-corrected chi connectivity index (χ3v) is 1.59. The van der Waals surface area contributed by atoms with Crippen LogP contribution in [0, 0.1) is 0 Å². The Bertz CT molecular complexity index is 458. The van der Waals surface area contributed by atoms with Crippen LogP contribution in [0.3, 0.4) is 0 Å². The lowest BCUT2D eigenvalue weighted by Gasteiger charge is -2.15. The minimum Gasteiger partial charge on any atom is -0.206 e.